The van der Waals surface area contributed by atoms with E-state index in [1.54, 1.807) is 12.1 Å². The zero-order valence-electron chi connectivity index (χ0n) is 12.5. The summed E-state index contributed by atoms with van der Waals surface area (Å²) in [6, 6.07) is 6.37. The first-order chi connectivity index (χ1) is 10.6. The first kappa shape index (κ1) is 15.3. The first-order valence-corrected chi connectivity index (χ1v) is 8.01. The summed E-state index contributed by atoms with van der Waals surface area (Å²) >= 11 is 0. The van der Waals surface area contributed by atoms with Gasteiger partial charge in [0.2, 0.25) is 0 Å². The van der Waals surface area contributed by atoms with E-state index in [4.69, 9.17) is 0 Å². The van der Waals surface area contributed by atoms with Gasteiger partial charge in [0.25, 0.3) is 5.91 Å². The SMILES string of the molecule is O=C(c1ccc(OC(F)F)cc1)N1CCCC2CCCCC21. The standard InChI is InChI=1S/C17H21F2NO2/c18-17(19)22-14-9-7-13(8-10-14)16(21)20-11-3-5-12-4-1-2-6-15(12)20/h7-10,12,15,17H,1-6,11H2. The van der Waals surface area contributed by atoms with Crippen molar-refractivity contribution in [2.24, 2.45) is 5.92 Å². The fourth-order valence-corrected chi connectivity index (χ4v) is 3.82. The average Bonchev–Trinajstić information content (AvgIpc) is 2.54. The predicted octanol–water partition coefficient (Wildman–Crippen LogP) is 4.08. The van der Waals surface area contributed by atoms with Crippen LogP contribution in [0.5, 0.6) is 5.75 Å². The molecule has 2 atom stereocenters. The number of ether oxygens (including phenoxy) is 1. The van der Waals surface area contributed by atoms with Crippen molar-refractivity contribution in [3.63, 3.8) is 0 Å². The summed E-state index contributed by atoms with van der Waals surface area (Å²) in [5.41, 5.74) is 0.549. The van der Waals surface area contributed by atoms with E-state index in [2.05, 4.69) is 4.74 Å². The van der Waals surface area contributed by atoms with Gasteiger partial charge in [0, 0.05) is 18.2 Å². The number of amides is 1. The number of piperidine rings is 1. The van der Waals surface area contributed by atoms with Crippen LogP contribution in [0.15, 0.2) is 24.3 Å². The molecule has 1 saturated heterocycles. The predicted molar refractivity (Wildman–Crippen MR) is 79.1 cm³/mol. The van der Waals surface area contributed by atoms with E-state index in [9.17, 15) is 13.6 Å². The van der Waals surface area contributed by atoms with Crippen molar-refractivity contribution in [2.45, 2.75) is 51.2 Å². The molecule has 22 heavy (non-hydrogen) atoms. The molecule has 1 aromatic rings. The molecule has 3 rings (SSSR count). The van der Waals surface area contributed by atoms with Crippen LogP contribution in [0.3, 0.4) is 0 Å². The quantitative estimate of drug-likeness (QED) is 0.842. The molecule has 1 aliphatic carbocycles. The number of hydrogen-bond donors (Lipinski definition) is 0. The van der Waals surface area contributed by atoms with Crippen molar-refractivity contribution in [2.75, 3.05) is 6.54 Å². The summed E-state index contributed by atoms with van der Waals surface area (Å²) in [7, 11) is 0. The number of benzene rings is 1. The lowest BCUT2D eigenvalue weighted by molar-refractivity contribution is -0.0498. The molecule has 0 spiro atoms. The van der Waals surface area contributed by atoms with Crippen LogP contribution in [0, 0.1) is 5.92 Å². The zero-order valence-corrected chi connectivity index (χ0v) is 12.5. The molecule has 1 aromatic carbocycles. The van der Waals surface area contributed by atoms with Crippen molar-refractivity contribution in [3.8, 4) is 5.75 Å². The molecular formula is C17H21F2NO2. The summed E-state index contributed by atoms with van der Waals surface area (Å²) in [5.74, 6) is 0.730. The lowest BCUT2D eigenvalue weighted by Crippen LogP contribution is -2.49. The molecule has 1 saturated carbocycles. The van der Waals surface area contributed by atoms with E-state index in [-0.39, 0.29) is 11.7 Å². The van der Waals surface area contributed by atoms with E-state index in [1.807, 2.05) is 4.90 Å². The molecule has 1 heterocycles. The average molecular weight is 309 g/mol. The number of rotatable bonds is 3. The molecule has 0 N–H and O–H groups in total. The fourth-order valence-electron chi connectivity index (χ4n) is 3.82. The molecule has 0 radical (unpaired) electrons. The van der Waals surface area contributed by atoms with Gasteiger partial charge in [0.1, 0.15) is 5.75 Å². The van der Waals surface area contributed by atoms with Gasteiger partial charge in [0.15, 0.2) is 0 Å². The summed E-state index contributed by atoms with van der Waals surface area (Å²) in [6.45, 7) is -2.04. The van der Waals surface area contributed by atoms with Gasteiger partial charge >= 0.3 is 6.61 Å². The molecule has 2 fully saturated rings. The molecule has 1 aliphatic heterocycles. The molecule has 3 nitrogen and oxygen atoms in total. The largest absolute Gasteiger partial charge is 0.435 e. The van der Waals surface area contributed by atoms with Crippen LogP contribution in [-0.2, 0) is 0 Å². The molecular weight excluding hydrogens is 288 g/mol. The molecule has 0 bridgehead atoms. The second-order valence-electron chi connectivity index (χ2n) is 6.16. The lowest BCUT2D eigenvalue weighted by atomic mass is 9.78. The monoisotopic (exact) mass is 309 g/mol. The highest BCUT2D eigenvalue weighted by molar-refractivity contribution is 5.94. The van der Waals surface area contributed by atoms with Crippen LogP contribution in [0.4, 0.5) is 8.78 Å². The highest BCUT2D eigenvalue weighted by Crippen LogP contribution is 2.36. The summed E-state index contributed by atoms with van der Waals surface area (Å²) in [5, 5.41) is 0. The van der Waals surface area contributed by atoms with Crippen LogP contribution < -0.4 is 4.74 Å². The Hall–Kier alpha value is -1.65. The van der Waals surface area contributed by atoms with Crippen LogP contribution in [0.1, 0.15) is 48.9 Å². The maximum Gasteiger partial charge on any atom is 0.387 e. The van der Waals surface area contributed by atoms with Gasteiger partial charge in [0.05, 0.1) is 0 Å². The second-order valence-corrected chi connectivity index (χ2v) is 6.16. The van der Waals surface area contributed by atoms with Crippen LogP contribution in [-0.4, -0.2) is 30.0 Å². The third kappa shape index (κ3) is 3.23. The lowest BCUT2D eigenvalue weighted by Gasteiger charge is -2.44. The Bertz CT molecular complexity index is 516. The Kier molecular flexibility index (Phi) is 4.60. The van der Waals surface area contributed by atoms with Gasteiger partial charge in [-0.05, 0) is 55.9 Å². The third-order valence-corrected chi connectivity index (χ3v) is 4.83. The van der Waals surface area contributed by atoms with Crippen molar-refractivity contribution in [1.82, 2.24) is 4.90 Å². The van der Waals surface area contributed by atoms with E-state index >= 15 is 0 Å². The van der Waals surface area contributed by atoms with Crippen molar-refractivity contribution >= 4 is 5.91 Å². The maximum atomic E-state index is 12.7. The molecule has 5 heteroatoms. The van der Waals surface area contributed by atoms with Crippen molar-refractivity contribution in [1.29, 1.82) is 0 Å². The Balaban J connectivity index is 1.72. The van der Waals surface area contributed by atoms with E-state index in [1.165, 1.54) is 37.8 Å². The molecule has 120 valence electrons. The zero-order chi connectivity index (χ0) is 15.5. The van der Waals surface area contributed by atoms with E-state index in [0.29, 0.717) is 17.5 Å². The highest BCUT2D eigenvalue weighted by atomic mass is 19.3. The second kappa shape index (κ2) is 6.63. The number of likely N-dealkylation sites (tertiary alicyclic amines) is 1. The first-order valence-electron chi connectivity index (χ1n) is 8.01. The normalized spacial score (nSPS) is 25.0. The topological polar surface area (TPSA) is 29.5 Å². The number of halogens is 2. The smallest absolute Gasteiger partial charge is 0.387 e. The van der Waals surface area contributed by atoms with Crippen molar-refractivity contribution < 1.29 is 18.3 Å². The molecule has 1 amide bonds. The van der Waals surface area contributed by atoms with Crippen LogP contribution in [0.2, 0.25) is 0 Å². The summed E-state index contributed by atoms with van der Waals surface area (Å²) in [4.78, 5) is 14.7. The summed E-state index contributed by atoms with van der Waals surface area (Å²) in [6.07, 6.45) is 7.03. The number of hydrogen-bond acceptors (Lipinski definition) is 2. The Morgan fingerprint density at radius 1 is 1.09 bits per heavy atom. The number of alkyl halides is 2. The fraction of sp³-hybridized carbons (Fsp3) is 0.588. The minimum atomic E-state index is -2.84. The number of nitrogens with zero attached hydrogens (tertiary/aromatic N) is 1. The van der Waals surface area contributed by atoms with Gasteiger partial charge < -0.3 is 9.64 Å². The van der Waals surface area contributed by atoms with Gasteiger partial charge in [-0.15, -0.1) is 0 Å². The minimum absolute atomic E-state index is 0.0141. The Labute approximate surface area is 129 Å². The molecule has 2 unspecified atom stereocenters. The molecule has 2 aliphatic rings. The number of carbonyl (C=O) groups excluding carboxylic acids is 1. The van der Waals surface area contributed by atoms with Gasteiger partial charge in [-0.25, -0.2) is 0 Å². The number of carbonyl (C=O) groups is 1. The summed E-state index contributed by atoms with van der Waals surface area (Å²) < 4.78 is 28.6. The van der Waals surface area contributed by atoms with E-state index in [0.717, 1.165) is 19.4 Å². The van der Waals surface area contributed by atoms with Gasteiger partial charge in [-0.2, -0.15) is 8.78 Å². The van der Waals surface area contributed by atoms with E-state index < -0.39 is 6.61 Å². The highest BCUT2D eigenvalue weighted by Gasteiger charge is 2.35. The minimum Gasteiger partial charge on any atom is -0.435 e. The van der Waals surface area contributed by atoms with Crippen molar-refractivity contribution in [3.05, 3.63) is 29.8 Å². The van der Waals surface area contributed by atoms with Gasteiger partial charge in [-0.3, -0.25) is 4.79 Å². The maximum absolute atomic E-state index is 12.7. The van der Waals surface area contributed by atoms with Gasteiger partial charge in [-0.1, -0.05) is 12.8 Å². The third-order valence-electron chi connectivity index (χ3n) is 4.83. The molecule has 0 aromatic heterocycles. The Morgan fingerprint density at radius 3 is 2.50 bits per heavy atom. The Morgan fingerprint density at radius 2 is 1.77 bits per heavy atom. The number of fused-ring (bicyclic) bond motifs is 1. The van der Waals surface area contributed by atoms with Crippen LogP contribution >= 0.6 is 0 Å². The van der Waals surface area contributed by atoms with Crippen LogP contribution in [0.25, 0.3) is 0 Å².